The Morgan fingerprint density at radius 1 is 1.05 bits per heavy atom. The van der Waals surface area contributed by atoms with E-state index in [0.29, 0.717) is 5.56 Å². The van der Waals surface area contributed by atoms with Crippen LogP contribution in [0, 0.1) is 0 Å². The highest BCUT2D eigenvalue weighted by Crippen LogP contribution is 2.20. The highest BCUT2D eigenvalue weighted by atomic mass is 16.2. The van der Waals surface area contributed by atoms with E-state index in [9.17, 15) is 4.79 Å². The molecule has 2 N–H and O–H groups in total. The fourth-order valence-electron chi connectivity index (χ4n) is 2.43. The van der Waals surface area contributed by atoms with E-state index in [1.807, 2.05) is 42.5 Å². The second-order valence-corrected chi connectivity index (χ2v) is 4.93. The molecule has 0 aromatic heterocycles. The predicted octanol–water partition coefficient (Wildman–Crippen LogP) is 2.26. The Balaban J connectivity index is 1.86. The summed E-state index contributed by atoms with van der Waals surface area (Å²) >= 11 is 0. The predicted molar refractivity (Wildman–Crippen MR) is 79.2 cm³/mol. The minimum Gasteiger partial charge on any atom is -0.368 e. The second kappa shape index (κ2) is 5.35. The number of hydrogen-bond acceptors (Lipinski definition) is 3. The lowest BCUT2D eigenvalue weighted by Gasteiger charge is -2.23. The van der Waals surface area contributed by atoms with E-state index in [2.05, 4.69) is 22.9 Å². The molecule has 1 aliphatic rings. The lowest BCUT2D eigenvalue weighted by molar-refractivity contribution is 0.0702. The van der Waals surface area contributed by atoms with Gasteiger partial charge in [0.05, 0.1) is 11.7 Å². The quantitative estimate of drug-likeness (QED) is 0.877. The van der Waals surface area contributed by atoms with Gasteiger partial charge in [-0.1, -0.05) is 42.5 Å². The highest BCUT2D eigenvalue weighted by molar-refractivity contribution is 5.99. The molecule has 0 radical (unpaired) electrons. The largest absolute Gasteiger partial charge is 0.368 e. The van der Waals surface area contributed by atoms with Gasteiger partial charge in [0.15, 0.2) is 0 Å². The van der Waals surface area contributed by atoms with Gasteiger partial charge in [-0.05, 0) is 17.7 Å². The zero-order valence-electron chi connectivity index (χ0n) is 11.3. The molecule has 102 valence electrons. The summed E-state index contributed by atoms with van der Waals surface area (Å²) in [6.45, 7) is 0. The maximum atomic E-state index is 12.3. The third-order valence-electron chi connectivity index (χ3n) is 3.42. The van der Waals surface area contributed by atoms with Crippen molar-refractivity contribution in [3.63, 3.8) is 0 Å². The molecule has 20 heavy (non-hydrogen) atoms. The van der Waals surface area contributed by atoms with Crippen LogP contribution in [0.2, 0.25) is 0 Å². The van der Waals surface area contributed by atoms with Crippen LogP contribution in [0.5, 0.6) is 0 Å². The fraction of sp³-hybridized carbons (Fsp3) is 0.188. The van der Waals surface area contributed by atoms with Crippen LogP contribution in [0.3, 0.4) is 0 Å². The molecule has 0 saturated heterocycles. The van der Waals surface area contributed by atoms with Crippen LogP contribution >= 0.6 is 0 Å². The third-order valence-corrected chi connectivity index (χ3v) is 3.42. The van der Waals surface area contributed by atoms with Crippen LogP contribution in [-0.2, 0) is 6.42 Å². The molecule has 0 saturated carbocycles. The van der Waals surface area contributed by atoms with Gasteiger partial charge in [0.2, 0.25) is 0 Å². The fourth-order valence-corrected chi connectivity index (χ4v) is 2.43. The van der Waals surface area contributed by atoms with E-state index < -0.39 is 0 Å². The monoisotopic (exact) mass is 267 g/mol. The SMILES string of the molecule is CN1NC(Cc2ccccc2)Nc2ccccc2C1=O. The van der Waals surface area contributed by atoms with Gasteiger partial charge in [-0.15, -0.1) is 0 Å². The Hall–Kier alpha value is -2.33. The average Bonchev–Trinajstić information content (AvgIpc) is 2.58. The van der Waals surface area contributed by atoms with Crippen LogP contribution in [-0.4, -0.2) is 24.1 Å². The number of nitrogens with zero attached hydrogens (tertiary/aromatic N) is 1. The summed E-state index contributed by atoms with van der Waals surface area (Å²) in [5.74, 6) is -0.0244. The van der Waals surface area contributed by atoms with Crippen molar-refractivity contribution in [2.45, 2.75) is 12.6 Å². The number of benzene rings is 2. The van der Waals surface area contributed by atoms with Crippen LogP contribution in [0.1, 0.15) is 15.9 Å². The summed E-state index contributed by atoms with van der Waals surface area (Å²) in [5.41, 5.74) is 5.98. The normalized spacial score (nSPS) is 18.1. The first kappa shape index (κ1) is 12.7. The summed E-state index contributed by atoms with van der Waals surface area (Å²) in [6, 6.07) is 17.8. The smallest absolute Gasteiger partial charge is 0.269 e. The first-order valence-electron chi connectivity index (χ1n) is 6.68. The molecule has 0 fully saturated rings. The summed E-state index contributed by atoms with van der Waals surface area (Å²) in [7, 11) is 1.75. The van der Waals surface area contributed by atoms with Gasteiger partial charge in [0, 0.05) is 19.2 Å². The molecular formula is C16H17N3O. The van der Waals surface area contributed by atoms with E-state index >= 15 is 0 Å². The van der Waals surface area contributed by atoms with Gasteiger partial charge in [0.25, 0.3) is 5.91 Å². The Kier molecular flexibility index (Phi) is 3.39. The first-order chi connectivity index (χ1) is 9.74. The lowest BCUT2D eigenvalue weighted by Crippen LogP contribution is -2.47. The van der Waals surface area contributed by atoms with Crippen molar-refractivity contribution in [1.82, 2.24) is 10.4 Å². The zero-order valence-corrected chi connectivity index (χ0v) is 11.3. The maximum absolute atomic E-state index is 12.3. The summed E-state index contributed by atoms with van der Waals surface area (Å²) in [4.78, 5) is 12.3. The Morgan fingerprint density at radius 2 is 1.75 bits per heavy atom. The van der Waals surface area contributed by atoms with E-state index in [-0.39, 0.29) is 12.1 Å². The van der Waals surface area contributed by atoms with E-state index in [1.165, 1.54) is 5.56 Å². The van der Waals surface area contributed by atoms with Gasteiger partial charge in [0.1, 0.15) is 0 Å². The Morgan fingerprint density at radius 3 is 2.55 bits per heavy atom. The molecule has 2 aromatic carbocycles. The van der Waals surface area contributed by atoms with Crippen molar-refractivity contribution in [1.29, 1.82) is 0 Å². The maximum Gasteiger partial charge on any atom is 0.269 e. The number of rotatable bonds is 2. The lowest BCUT2D eigenvalue weighted by atomic mass is 10.1. The standard InChI is InChI=1S/C16H17N3O/c1-19-16(20)13-9-5-6-10-14(13)17-15(18-19)11-12-7-3-2-4-8-12/h2-10,15,17-18H,11H2,1H3. The van der Waals surface area contributed by atoms with Gasteiger partial charge >= 0.3 is 0 Å². The van der Waals surface area contributed by atoms with Crippen molar-refractivity contribution in [2.24, 2.45) is 0 Å². The number of carbonyl (C=O) groups excluding carboxylic acids is 1. The van der Waals surface area contributed by atoms with E-state index in [1.54, 1.807) is 12.1 Å². The first-order valence-corrected chi connectivity index (χ1v) is 6.68. The van der Waals surface area contributed by atoms with Crippen molar-refractivity contribution < 1.29 is 4.79 Å². The van der Waals surface area contributed by atoms with Crippen molar-refractivity contribution in [3.8, 4) is 0 Å². The number of amides is 1. The number of nitrogens with one attached hydrogen (secondary N) is 2. The number of carbonyl (C=O) groups is 1. The Bertz CT molecular complexity index is 612. The van der Waals surface area contributed by atoms with Crippen LogP contribution in [0.4, 0.5) is 5.69 Å². The highest BCUT2D eigenvalue weighted by Gasteiger charge is 2.24. The average molecular weight is 267 g/mol. The molecular weight excluding hydrogens is 250 g/mol. The van der Waals surface area contributed by atoms with Crippen molar-refractivity contribution in [2.75, 3.05) is 12.4 Å². The Labute approximate surface area is 118 Å². The second-order valence-electron chi connectivity index (χ2n) is 4.93. The van der Waals surface area contributed by atoms with Gasteiger partial charge in [-0.25, -0.2) is 5.43 Å². The van der Waals surface area contributed by atoms with E-state index in [4.69, 9.17) is 0 Å². The number of fused-ring (bicyclic) bond motifs is 1. The summed E-state index contributed by atoms with van der Waals surface area (Å²) in [5, 5.41) is 4.94. The minimum absolute atomic E-state index is 0.0185. The summed E-state index contributed by atoms with van der Waals surface area (Å²) in [6.07, 6.45) is 0.780. The zero-order chi connectivity index (χ0) is 13.9. The molecule has 1 aliphatic heterocycles. The van der Waals surface area contributed by atoms with Crippen molar-refractivity contribution in [3.05, 3.63) is 65.7 Å². The van der Waals surface area contributed by atoms with Gasteiger partial charge in [-0.3, -0.25) is 9.80 Å². The number of anilines is 1. The molecule has 3 rings (SSSR count). The van der Waals surface area contributed by atoms with Gasteiger partial charge in [-0.2, -0.15) is 0 Å². The van der Waals surface area contributed by atoms with Crippen molar-refractivity contribution >= 4 is 11.6 Å². The van der Waals surface area contributed by atoms with Crippen LogP contribution in [0.15, 0.2) is 54.6 Å². The molecule has 1 amide bonds. The molecule has 0 bridgehead atoms. The summed E-state index contributed by atoms with van der Waals surface area (Å²) < 4.78 is 0. The van der Waals surface area contributed by atoms with Gasteiger partial charge < -0.3 is 5.32 Å². The molecule has 4 nitrogen and oxygen atoms in total. The minimum atomic E-state index is -0.0244. The molecule has 1 unspecified atom stereocenters. The van der Waals surface area contributed by atoms with Crippen LogP contribution in [0.25, 0.3) is 0 Å². The molecule has 1 heterocycles. The third kappa shape index (κ3) is 2.51. The number of hydrazine groups is 1. The molecule has 1 atom stereocenters. The van der Waals surface area contributed by atoms with E-state index in [0.717, 1.165) is 12.1 Å². The molecule has 0 aliphatic carbocycles. The molecule has 4 heteroatoms. The molecule has 0 spiro atoms. The van der Waals surface area contributed by atoms with Crippen LogP contribution < -0.4 is 10.7 Å². The number of para-hydroxylation sites is 1. The molecule has 2 aromatic rings. The number of hydrogen-bond donors (Lipinski definition) is 2. The topological polar surface area (TPSA) is 44.4 Å².